The molecule has 2 heterocycles. The van der Waals surface area contributed by atoms with Crippen molar-refractivity contribution in [3.63, 3.8) is 0 Å². The van der Waals surface area contributed by atoms with Gasteiger partial charge >= 0.3 is 0 Å². The standard InChI is InChI=1S/C14H23N3O/c1-12-3-9-17-14(11-12)16-6-2-10-18-13-4-7-15-8-5-13/h3,9,11,13,15H,2,4-8,10H2,1H3,(H,16,17). The molecule has 0 unspecified atom stereocenters. The molecule has 0 amide bonds. The van der Waals surface area contributed by atoms with Gasteiger partial charge in [-0.05, 0) is 57.0 Å². The van der Waals surface area contributed by atoms with Crippen LogP contribution in [0.5, 0.6) is 0 Å². The molecule has 1 aromatic heterocycles. The Balaban J connectivity index is 1.55. The van der Waals surface area contributed by atoms with Gasteiger partial charge in [-0.2, -0.15) is 0 Å². The molecule has 1 aliphatic rings. The molecule has 0 bridgehead atoms. The average Bonchev–Trinajstić information content (AvgIpc) is 2.40. The molecule has 1 fully saturated rings. The van der Waals surface area contributed by atoms with Crippen molar-refractivity contribution in [3.05, 3.63) is 23.9 Å². The lowest BCUT2D eigenvalue weighted by molar-refractivity contribution is 0.0329. The van der Waals surface area contributed by atoms with E-state index in [4.69, 9.17) is 4.74 Å². The van der Waals surface area contributed by atoms with Crippen molar-refractivity contribution in [1.82, 2.24) is 10.3 Å². The quantitative estimate of drug-likeness (QED) is 0.757. The Bertz CT molecular complexity index is 351. The van der Waals surface area contributed by atoms with Crippen molar-refractivity contribution < 1.29 is 4.74 Å². The monoisotopic (exact) mass is 249 g/mol. The molecule has 1 aromatic rings. The van der Waals surface area contributed by atoms with Gasteiger partial charge in [0.25, 0.3) is 0 Å². The minimum atomic E-state index is 0.461. The van der Waals surface area contributed by atoms with Crippen LogP contribution in [0.3, 0.4) is 0 Å². The minimum absolute atomic E-state index is 0.461. The zero-order chi connectivity index (χ0) is 12.6. The Morgan fingerprint density at radius 2 is 2.28 bits per heavy atom. The minimum Gasteiger partial charge on any atom is -0.378 e. The maximum absolute atomic E-state index is 5.84. The van der Waals surface area contributed by atoms with E-state index in [1.165, 1.54) is 5.56 Å². The molecule has 18 heavy (non-hydrogen) atoms. The van der Waals surface area contributed by atoms with Gasteiger partial charge in [-0.25, -0.2) is 4.98 Å². The van der Waals surface area contributed by atoms with Crippen molar-refractivity contribution in [1.29, 1.82) is 0 Å². The topological polar surface area (TPSA) is 46.2 Å². The van der Waals surface area contributed by atoms with E-state index in [9.17, 15) is 0 Å². The summed E-state index contributed by atoms with van der Waals surface area (Å²) in [5.74, 6) is 0.955. The van der Waals surface area contributed by atoms with Gasteiger partial charge < -0.3 is 15.4 Å². The van der Waals surface area contributed by atoms with E-state index in [2.05, 4.69) is 28.6 Å². The van der Waals surface area contributed by atoms with E-state index < -0.39 is 0 Å². The third-order valence-electron chi connectivity index (χ3n) is 3.18. The number of nitrogens with one attached hydrogen (secondary N) is 2. The molecule has 0 atom stereocenters. The SMILES string of the molecule is Cc1ccnc(NCCCOC2CCNCC2)c1. The lowest BCUT2D eigenvalue weighted by Crippen LogP contribution is -2.32. The second kappa shape index (κ2) is 7.34. The first-order valence-electron chi connectivity index (χ1n) is 6.83. The first kappa shape index (κ1) is 13.3. The fourth-order valence-electron chi connectivity index (χ4n) is 2.13. The zero-order valence-electron chi connectivity index (χ0n) is 11.1. The maximum atomic E-state index is 5.84. The largest absolute Gasteiger partial charge is 0.378 e. The van der Waals surface area contributed by atoms with Crippen molar-refractivity contribution in [2.45, 2.75) is 32.3 Å². The third-order valence-corrected chi connectivity index (χ3v) is 3.18. The number of aryl methyl sites for hydroxylation is 1. The number of aromatic nitrogens is 1. The van der Waals surface area contributed by atoms with Crippen LogP contribution in [0.25, 0.3) is 0 Å². The lowest BCUT2D eigenvalue weighted by atomic mass is 10.1. The molecule has 2 N–H and O–H groups in total. The van der Waals surface area contributed by atoms with Crippen LogP contribution in [0.1, 0.15) is 24.8 Å². The summed E-state index contributed by atoms with van der Waals surface area (Å²) in [5.41, 5.74) is 1.23. The van der Waals surface area contributed by atoms with Gasteiger partial charge in [0.2, 0.25) is 0 Å². The molecule has 0 spiro atoms. The number of piperidine rings is 1. The van der Waals surface area contributed by atoms with E-state index in [-0.39, 0.29) is 0 Å². The molecule has 0 saturated carbocycles. The van der Waals surface area contributed by atoms with Gasteiger partial charge in [-0.15, -0.1) is 0 Å². The van der Waals surface area contributed by atoms with Crippen LogP contribution in [0.2, 0.25) is 0 Å². The maximum Gasteiger partial charge on any atom is 0.126 e. The van der Waals surface area contributed by atoms with Crippen LogP contribution in [0, 0.1) is 6.92 Å². The number of pyridine rings is 1. The molecule has 4 nitrogen and oxygen atoms in total. The van der Waals surface area contributed by atoms with Crippen molar-refractivity contribution >= 4 is 5.82 Å². The highest BCUT2D eigenvalue weighted by Crippen LogP contribution is 2.08. The molecular formula is C14H23N3O. The first-order chi connectivity index (χ1) is 8.84. The van der Waals surface area contributed by atoms with E-state index in [1.807, 2.05) is 12.3 Å². The number of rotatable bonds is 6. The highest BCUT2D eigenvalue weighted by molar-refractivity contribution is 5.36. The third kappa shape index (κ3) is 4.63. The van der Waals surface area contributed by atoms with Gasteiger partial charge in [0, 0.05) is 19.3 Å². The molecule has 0 aliphatic carbocycles. The summed E-state index contributed by atoms with van der Waals surface area (Å²) in [6.45, 7) is 6.02. The van der Waals surface area contributed by atoms with Gasteiger partial charge in [0.1, 0.15) is 5.82 Å². The molecule has 2 rings (SSSR count). The number of anilines is 1. The van der Waals surface area contributed by atoms with E-state index in [0.717, 1.165) is 51.3 Å². The molecule has 4 heteroatoms. The molecule has 100 valence electrons. The predicted octanol–water partition coefficient (Wildman–Crippen LogP) is 1.96. The Morgan fingerprint density at radius 1 is 1.44 bits per heavy atom. The first-order valence-corrected chi connectivity index (χ1v) is 6.83. The number of nitrogens with zero attached hydrogens (tertiary/aromatic N) is 1. The second-order valence-electron chi connectivity index (χ2n) is 4.82. The molecule has 1 saturated heterocycles. The normalized spacial score (nSPS) is 16.7. The predicted molar refractivity (Wildman–Crippen MR) is 73.9 cm³/mol. The molecule has 0 aromatic carbocycles. The summed E-state index contributed by atoms with van der Waals surface area (Å²) in [5, 5.41) is 6.66. The summed E-state index contributed by atoms with van der Waals surface area (Å²) in [4.78, 5) is 4.27. The highest BCUT2D eigenvalue weighted by Gasteiger charge is 2.12. The zero-order valence-corrected chi connectivity index (χ0v) is 11.1. The Hall–Kier alpha value is -1.13. The number of hydrogen-bond donors (Lipinski definition) is 2. The van der Waals surface area contributed by atoms with Crippen molar-refractivity contribution in [3.8, 4) is 0 Å². The number of ether oxygens (including phenoxy) is 1. The lowest BCUT2D eigenvalue weighted by Gasteiger charge is -2.22. The summed E-state index contributed by atoms with van der Waals surface area (Å²) in [6, 6.07) is 4.07. The average molecular weight is 249 g/mol. The van der Waals surface area contributed by atoms with Gasteiger partial charge in [0.15, 0.2) is 0 Å². The van der Waals surface area contributed by atoms with Crippen molar-refractivity contribution in [2.24, 2.45) is 0 Å². The fraction of sp³-hybridized carbons (Fsp3) is 0.643. The summed E-state index contributed by atoms with van der Waals surface area (Å²) in [7, 11) is 0. The summed E-state index contributed by atoms with van der Waals surface area (Å²) in [6.07, 6.45) is 5.62. The Labute approximate surface area is 109 Å². The van der Waals surface area contributed by atoms with Crippen LogP contribution in [-0.4, -0.2) is 37.3 Å². The van der Waals surface area contributed by atoms with Crippen LogP contribution < -0.4 is 10.6 Å². The molecule has 0 radical (unpaired) electrons. The second-order valence-corrected chi connectivity index (χ2v) is 4.82. The summed E-state index contributed by atoms with van der Waals surface area (Å²) >= 11 is 0. The highest BCUT2D eigenvalue weighted by atomic mass is 16.5. The van der Waals surface area contributed by atoms with E-state index in [0.29, 0.717) is 6.10 Å². The van der Waals surface area contributed by atoms with Crippen LogP contribution >= 0.6 is 0 Å². The van der Waals surface area contributed by atoms with Gasteiger partial charge in [-0.1, -0.05) is 0 Å². The number of hydrogen-bond acceptors (Lipinski definition) is 4. The van der Waals surface area contributed by atoms with E-state index >= 15 is 0 Å². The van der Waals surface area contributed by atoms with Gasteiger partial charge in [-0.3, -0.25) is 0 Å². The molecular weight excluding hydrogens is 226 g/mol. The Morgan fingerprint density at radius 3 is 3.06 bits per heavy atom. The smallest absolute Gasteiger partial charge is 0.126 e. The van der Waals surface area contributed by atoms with Crippen LogP contribution in [-0.2, 0) is 4.74 Å². The van der Waals surface area contributed by atoms with Gasteiger partial charge in [0.05, 0.1) is 6.10 Å². The van der Waals surface area contributed by atoms with Crippen LogP contribution in [0.4, 0.5) is 5.82 Å². The fourth-order valence-corrected chi connectivity index (χ4v) is 2.13. The van der Waals surface area contributed by atoms with Crippen molar-refractivity contribution in [2.75, 3.05) is 31.6 Å². The van der Waals surface area contributed by atoms with E-state index in [1.54, 1.807) is 0 Å². The summed E-state index contributed by atoms with van der Waals surface area (Å²) < 4.78 is 5.84. The van der Waals surface area contributed by atoms with Crippen LogP contribution in [0.15, 0.2) is 18.3 Å². The molecule has 1 aliphatic heterocycles. The Kier molecular flexibility index (Phi) is 5.42.